The van der Waals surface area contributed by atoms with E-state index in [1.165, 1.54) is 19.2 Å². The van der Waals surface area contributed by atoms with Crippen LogP contribution in [0.5, 0.6) is 11.5 Å². The molecule has 1 fully saturated rings. The van der Waals surface area contributed by atoms with Gasteiger partial charge >= 0.3 is 0 Å². The van der Waals surface area contributed by atoms with Gasteiger partial charge in [0, 0.05) is 29.7 Å². The molecule has 5 rings (SSSR count). The number of hydrogen-bond acceptors (Lipinski definition) is 4. The third kappa shape index (κ3) is 6.53. The minimum Gasteiger partial charge on any atom is -0.493 e. The monoisotopic (exact) mass is 557 g/mol. The summed E-state index contributed by atoms with van der Waals surface area (Å²) >= 11 is 0. The van der Waals surface area contributed by atoms with Crippen LogP contribution in [-0.2, 0) is 22.6 Å². The number of methoxy groups -OCH3 is 2. The van der Waals surface area contributed by atoms with Crippen LogP contribution in [-0.4, -0.2) is 42.0 Å². The van der Waals surface area contributed by atoms with Gasteiger partial charge in [0.1, 0.15) is 11.9 Å². The van der Waals surface area contributed by atoms with Crippen molar-refractivity contribution in [1.29, 1.82) is 0 Å². The number of aromatic amines is 1. The molecule has 1 aliphatic carbocycles. The number of para-hydroxylation sites is 1. The molecule has 4 aromatic rings. The first kappa shape index (κ1) is 28.2. The number of rotatable bonds is 10. The van der Waals surface area contributed by atoms with Crippen molar-refractivity contribution in [2.45, 2.75) is 57.2 Å². The zero-order valence-electron chi connectivity index (χ0n) is 23.5. The first-order valence-electron chi connectivity index (χ1n) is 14.1. The summed E-state index contributed by atoms with van der Waals surface area (Å²) in [4.78, 5) is 33.2. The summed E-state index contributed by atoms with van der Waals surface area (Å²) in [6.45, 7) is 0.124. The summed E-state index contributed by atoms with van der Waals surface area (Å²) in [5.74, 6) is 0.150. The third-order valence-corrected chi connectivity index (χ3v) is 7.84. The van der Waals surface area contributed by atoms with E-state index in [1.54, 1.807) is 42.3 Å². The van der Waals surface area contributed by atoms with Gasteiger partial charge in [0.2, 0.25) is 11.8 Å². The van der Waals surface area contributed by atoms with Crippen LogP contribution in [0.3, 0.4) is 0 Å². The maximum Gasteiger partial charge on any atom is 0.247 e. The van der Waals surface area contributed by atoms with Gasteiger partial charge in [-0.3, -0.25) is 9.59 Å². The number of carbonyl (C=O) groups is 2. The summed E-state index contributed by atoms with van der Waals surface area (Å²) in [7, 11) is 3.09. The van der Waals surface area contributed by atoms with Crippen LogP contribution in [0, 0.1) is 5.82 Å². The molecule has 2 amide bonds. The summed E-state index contributed by atoms with van der Waals surface area (Å²) in [5.41, 5.74) is 3.10. The molecule has 1 aliphatic rings. The first-order chi connectivity index (χ1) is 20.0. The van der Waals surface area contributed by atoms with E-state index >= 15 is 0 Å². The second kappa shape index (κ2) is 12.9. The van der Waals surface area contributed by atoms with Gasteiger partial charge in [-0.05, 0) is 59.9 Å². The lowest BCUT2D eigenvalue weighted by atomic mass is 9.94. The predicted octanol–water partition coefficient (Wildman–Crippen LogP) is 6.09. The summed E-state index contributed by atoms with van der Waals surface area (Å²) in [5, 5.41) is 4.19. The van der Waals surface area contributed by atoms with E-state index in [0.717, 1.165) is 54.1 Å². The average Bonchev–Trinajstić information content (AvgIpc) is 3.40. The van der Waals surface area contributed by atoms with Crippen molar-refractivity contribution in [3.8, 4) is 11.5 Å². The molecule has 41 heavy (non-hydrogen) atoms. The highest BCUT2D eigenvalue weighted by Gasteiger charge is 2.34. The van der Waals surface area contributed by atoms with E-state index in [9.17, 15) is 14.0 Å². The fourth-order valence-corrected chi connectivity index (χ4v) is 5.68. The average molecular weight is 558 g/mol. The van der Waals surface area contributed by atoms with Crippen LogP contribution in [0.1, 0.15) is 54.8 Å². The number of amides is 2. The highest BCUT2D eigenvalue weighted by Crippen LogP contribution is 2.34. The van der Waals surface area contributed by atoms with Crippen molar-refractivity contribution in [2.24, 2.45) is 0 Å². The van der Waals surface area contributed by atoms with E-state index in [1.807, 2.05) is 30.5 Å². The zero-order chi connectivity index (χ0) is 28.8. The molecule has 1 atom stereocenters. The molecule has 0 radical (unpaired) electrons. The topological polar surface area (TPSA) is 83.7 Å². The Hall–Kier alpha value is -4.33. The van der Waals surface area contributed by atoms with E-state index in [4.69, 9.17) is 9.47 Å². The molecule has 7 nitrogen and oxygen atoms in total. The van der Waals surface area contributed by atoms with Gasteiger partial charge in [-0.25, -0.2) is 4.39 Å². The summed E-state index contributed by atoms with van der Waals surface area (Å²) in [6, 6.07) is 18.2. The van der Waals surface area contributed by atoms with Crippen LogP contribution in [0.2, 0.25) is 0 Å². The molecule has 2 N–H and O–H groups in total. The Morgan fingerprint density at radius 1 is 0.976 bits per heavy atom. The van der Waals surface area contributed by atoms with Gasteiger partial charge in [0.15, 0.2) is 11.5 Å². The second-order valence-corrected chi connectivity index (χ2v) is 10.5. The number of benzene rings is 3. The number of nitrogens with zero attached hydrogens (tertiary/aromatic N) is 1. The molecule has 0 saturated heterocycles. The predicted molar refractivity (Wildman–Crippen MR) is 156 cm³/mol. The van der Waals surface area contributed by atoms with Crippen molar-refractivity contribution in [3.63, 3.8) is 0 Å². The number of nitrogens with one attached hydrogen (secondary N) is 2. The highest BCUT2D eigenvalue weighted by molar-refractivity contribution is 5.92. The van der Waals surface area contributed by atoms with Gasteiger partial charge in [-0.2, -0.15) is 0 Å². The molecule has 8 heteroatoms. The van der Waals surface area contributed by atoms with Crippen LogP contribution in [0.25, 0.3) is 10.9 Å². The van der Waals surface area contributed by atoms with Gasteiger partial charge < -0.3 is 24.7 Å². The number of fused-ring (bicyclic) bond motifs is 1. The molecule has 0 bridgehead atoms. The van der Waals surface area contributed by atoms with Crippen LogP contribution in [0.4, 0.5) is 4.39 Å². The van der Waals surface area contributed by atoms with Gasteiger partial charge in [0.05, 0.1) is 20.6 Å². The van der Waals surface area contributed by atoms with Crippen LogP contribution >= 0.6 is 0 Å². The van der Waals surface area contributed by atoms with E-state index < -0.39 is 6.04 Å². The Morgan fingerprint density at radius 2 is 1.71 bits per heavy atom. The Kier molecular flexibility index (Phi) is 8.87. The van der Waals surface area contributed by atoms with Crippen molar-refractivity contribution >= 4 is 22.7 Å². The minimum atomic E-state index is -0.945. The Bertz CT molecular complexity index is 1490. The Morgan fingerprint density at radius 3 is 2.44 bits per heavy atom. The number of halogens is 1. The first-order valence-corrected chi connectivity index (χ1v) is 14.1. The molecule has 0 aliphatic heterocycles. The Balaban J connectivity index is 1.56. The van der Waals surface area contributed by atoms with Crippen molar-refractivity contribution < 1.29 is 23.5 Å². The second-order valence-electron chi connectivity index (χ2n) is 10.5. The van der Waals surface area contributed by atoms with E-state index in [-0.39, 0.29) is 36.6 Å². The molecule has 214 valence electrons. The number of ether oxygens (including phenoxy) is 2. The summed E-state index contributed by atoms with van der Waals surface area (Å²) < 4.78 is 24.8. The van der Waals surface area contributed by atoms with Gasteiger partial charge in [-0.15, -0.1) is 0 Å². The molecule has 0 spiro atoms. The fourth-order valence-electron chi connectivity index (χ4n) is 5.68. The number of aromatic nitrogens is 1. The van der Waals surface area contributed by atoms with Crippen LogP contribution < -0.4 is 14.8 Å². The SMILES string of the molecule is COc1ccc([C@@H](C(=O)NC2CCCCC2)N(Cc2ccc(F)cc2)C(=O)Cc2c[nH]c3ccccc23)cc1OC. The summed E-state index contributed by atoms with van der Waals surface area (Å²) in [6.07, 6.45) is 7.02. The standard InChI is InChI=1S/C33H36FN3O4/c1-40-29-17-14-23(18-30(29)41-2)32(33(39)36-26-8-4-3-5-9-26)37(21-22-12-15-25(34)16-13-22)31(38)19-24-20-35-28-11-7-6-10-27(24)28/h6-7,10-18,20,26,32,35H,3-5,8-9,19,21H2,1-2H3,(H,36,39)/t32-/m0/s1. The van der Waals surface area contributed by atoms with Crippen LogP contribution in [0.15, 0.2) is 72.9 Å². The largest absolute Gasteiger partial charge is 0.493 e. The van der Waals surface area contributed by atoms with E-state index in [2.05, 4.69) is 10.3 Å². The molecule has 1 saturated carbocycles. The fraction of sp³-hybridized carbons (Fsp3) is 0.333. The maximum atomic E-state index is 14.2. The normalized spacial score (nSPS) is 14.4. The number of hydrogen-bond donors (Lipinski definition) is 2. The maximum absolute atomic E-state index is 14.2. The number of H-pyrrole nitrogens is 1. The van der Waals surface area contributed by atoms with Crippen molar-refractivity contribution in [2.75, 3.05) is 14.2 Å². The zero-order valence-corrected chi connectivity index (χ0v) is 23.5. The van der Waals surface area contributed by atoms with E-state index in [0.29, 0.717) is 17.1 Å². The number of carbonyl (C=O) groups excluding carboxylic acids is 2. The lowest BCUT2D eigenvalue weighted by Gasteiger charge is -2.34. The molecular formula is C33H36FN3O4. The van der Waals surface area contributed by atoms with Gasteiger partial charge in [0.25, 0.3) is 0 Å². The smallest absolute Gasteiger partial charge is 0.247 e. The molecule has 1 aromatic heterocycles. The lowest BCUT2D eigenvalue weighted by molar-refractivity contribution is -0.141. The minimum absolute atomic E-state index is 0.0512. The lowest BCUT2D eigenvalue weighted by Crippen LogP contribution is -2.47. The van der Waals surface area contributed by atoms with Gasteiger partial charge in [-0.1, -0.05) is 55.7 Å². The quantitative estimate of drug-likeness (QED) is 0.247. The Labute approximate surface area is 239 Å². The van der Waals surface area contributed by atoms with Crippen molar-refractivity contribution in [3.05, 3.63) is 95.4 Å². The molecule has 3 aromatic carbocycles. The molecule has 0 unspecified atom stereocenters. The highest BCUT2D eigenvalue weighted by atomic mass is 19.1. The molecular weight excluding hydrogens is 521 g/mol. The van der Waals surface area contributed by atoms with Crippen molar-refractivity contribution in [1.82, 2.24) is 15.2 Å². The third-order valence-electron chi connectivity index (χ3n) is 7.84. The molecule has 1 heterocycles.